The fraction of sp³-hybridized carbons (Fsp3) is 1.00. The Kier molecular flexibility index (Phi) is 4.48. The van der Waals surface area contributed by atoms with Gasteiger partial charge in [-0.15, -0.1) is 0 Å². The first-order valence-corrected chi connectivity index (χ1v) is 7.62. The van der Waals surface area contributed by atoms with Crippen molar-refractivity contribution in [3.8, 4) is 0 Å². The third-order valence-electron chi connectivity index (χ3n) is 5.33. The second-order valence-corrected chi connectivity index (χ2v) is 6.53. The highest BCUT2D eigenvalue weighted by atomic mass is 15.1. The van der Waals surface area contributed by atoms with Gasteiger partial charge in [0.1, 0.15) is 0 Å². The van der Waals surface area contributed by atoms with Gasteiger partial charge in [0, 0.05) is 11.6 Å². The van der Waals surface area contributed by atoms with Crippen molar-refractivity contribution in [2.45, 2.75) is 76.3 Å². The molecule has 0 aromatic heterocycles. The maximum Gasteiger partial charge on any atom is 0.0166 e. The molecule has 17 heavy (non-hydrogen) atoms. The van der Waals surface area contributed by atoms with Crippen molar-refractivity contribution >= 4 is 0 Å². The molecule has 2 heteroatoms. The van der Waals surface area contributed by atoms with Gasteiger partial charge in [0.05, 0.1) is 0 Å². The van der Waals surface area contributed by atoms with Gasteiger partial charge >= 0.3 is 0 Å². The fourth-order valence-electron chi connectivity index (χ4n) is 3.46. The van der Waals surface area contributed by atoms with Gasteiger partial charge in [-0.1, -0.05) is 13.3 Å². The third kappa shape index (κ3) is 3.45. The molecule has 0 aromatic carbocycles. The van der Waals surface area contributed by atoms with Crippen molar-refractivity contribution in [1.82, 2.24) is 4.90 Å². The Morgan fingerprint density at radius 3 is 2.29 bits per heavy atom. The van der Waals surface area contributed by atoms with E-state index in [1.54, 1.807) is 0 Å². The van der Waals surface area contributed by atoms with E-state index < -0.39 is 0 Å². The van der Waals surface area contributed by atoms with Gasteiger partial charge in [-0.2, -0.15) is 0 Å². The molecule has 2 aliphatic rings. The molecule has 0 bridgehead atoms. The summed E-state index contributed by atoms with van der Waals surface area (Å²) in [6.07, 6.45) is 12.1. The molecule has 2 rings (SSSR count). The molecular weight excluding hydrogens is 208 g/mol. The molecule has 100 valence electrons. The summed E-state index contributed by atoms with van der Waals surface area (Å²) < 4.78 is 0. The Morgan fingerprint density at radius 1 is 1.18 bits per heavy atom. The Labute approximate surface area is 107 Å². The molecule has 2 saturated carbocycles. The van der Waals surface area contributed by atoms with E-state index in [-0.39, 0.29) is 5.54 Å². The van der Waals surface area contributed by atoms with E-state index in [1.165, 1.54) is 64.3 Å². The van der Waals surface area contributed by atoms with Crippen LogP contribution in [0.25, 0.3) is 0 Å². The lowest BCUT2D eigenvalue weighted by Gasteiger charge is -2.41. The summed E-state index contributed by atoms with van der Waals surface area (Å²) >= 11 is 0. The zero-order valence-electron chi connectivity index (χ0n) is 11.8. The van der Waals surface area contributed by atoms with E-state index in [4.69, 9.17) is 5.73 Å². The first-order valence-electron chi connectivity index (χ1n) is 7.62. The SMILES string of the molecule is CCC1CCC(N(C)CCC2(N)CCC2)CC1. The Morgan fingerprint density at radius 2 is 1.82 bits per heavy atom. The van der Waals surface area contributed by atoms with Crippen LogP contribution in [0, 0.1) is 5.92 Å². The predicted molar refractivity (Wildman–Crippen MR) is 74.1 cm³/mol. The number of nitrogens with zero attached hydrogens (tertiary/aromatic N) is 1. The van der Waals surface area contributed by atoms with Gasteiger partial charge in [0.2, 0.25) is 0 Å². The van der Waals surface area contributed by atoms with Crippen LogP contribution < -0.4 is 5.73 Å². The van der Waals surface area contributed by atoms with Crippen LogP contribution in [0.15, 0.2) is 0 Å². The van der Waals surface area contributed by atoms with E-state index >= 15 is 0 Å². The molecule has 0 heterocycles. The van der Waals surface area contributed by atoms with Crippen LogP contribution in [-0.4, -0.2) is 30.1 Å². The van der Waals surface area contributed by atoms with E-state index in [9.17, 15) is 0 Å². The highest BCUT2D eigenvalue weighted by Gasteiger charge is 2.33. The number of hydrogen-bond donors (Lipinski definition) is 1. The summed E-state index contributed by atoms with van der Waals surface area (Å²) in [6.45, 7) is 3.54. The number of rotatable bonds is 5. The molecule has 0 saturated heterocycles. The molecule has 2 fully saturated rings. The van der Waals surface area contributed by atoms with Crippen molar-refractivity contribution in [2.75, 3.05) is 13.6 Å². The molecule has 0 aromatic rings. The molecule has 0 unspecified atom stereocenters. The van der Waals surface area contributed by atoms with Crippen LogP contribution in [0.5, 0.6) is 0 Å². The van der Waals surface area contributed by atoms with Crippen molar-refractivity contribution < 1.29 is 0 Å². The van der Waals surface area contributed by atoms with E-state index in [1.807, 2.05) is 0 Å². The van der Waals surface area contributed by atoms with Crippen LogP contribution in [-0.2, 0) is 0 Å². The van der Waals surface area contributed by atoms with Crippen LogP contribution in [0.2, 0.25) is 0 Å². The fourth-order valence-corrected chi connectivity index (χ4v) is 3.46. The van der Waals surface area contributed by atoms with Gasteiger partial charge in [0.25, 0.3) is 0 Å². The molecule has 0 aliphatic heterocycles. The Bertz CT molecular complexity index is 227. The van der Waals surface area contributed by atoms with Crippen molar-refractivity contribution in [2.24, 2.45) is 11.7 Å². The van der Waals surface area contributed by atoms with Gasteiger partial charge in [-0.05, 0) is 70.9 Å². The first kappa shape index (κ1) is 13.4. The van der Waals surface area contributed by atoms with E-state index in [0.717, 1.165) is 12.0 Å². The molecule has 2 aliphatic carbocycles. The number of hydrogen-bond acceptors (Lipinski definition) is 2. The van der Waals surface area contributed by atoms with Crippen LogP contribution >= 0.6 is 0 Å². The zero-order chi connectivity index (χ0) is 12.3. The van der Waals surface area contributed by atoms with Gasteiger partial charge in [0.15, 0.2) is 0 Å². The van der Waals surface area contributed by atoms with Crippen molar-refractivity contribution in [1.29, 1.82) is 0 Å². The average molecular weight is 238 g/mol. The molecule has 2 nitrogen and oxygen atoms in total. The average Bonchev–Trinajstić information content (AvgIpc) is 2.33. The monoisotopic (exact) mass is 238 g/mol. The van der Waals surface area contributed by atoms with Crippen molar-refractivity contribution in [3.05, 3.63) is 0 Å². The second-order valence-electron chi connectivity index (χ2n) is 6.53. The summed E-state index contributed by atoms with van der Waals surface area (Å²) in [5.74, 6) is 1.01. The minimum atomic E-state index is 0.203. The zero-order valence-corrected chi connectivity index (χ0v) is 11.8. The third-order valence-corrected chi connectivity index (χ3v) is 5.33. The van der Waals surface area contributed by atoms with Crippen molar-refractivity contribution in [3.63, 3.8) is 0 Å². The summed E-state index contributed by atoms with van der Waals surface area (Å²) in [6, 6.07) is 0.835. The summed E-state index contributed by atoms with van der Waals surface area (Å²) in [4.78, 5) is 2.58. The molecule has 0 radical (unpaired) electrons. The summed E-state index contributed by atoms with van der Waals surface area (Å²) in [5.41, 5.74) is 6.50. The van der Waals surface area contributed by atoms with Crippen LogP contribution in [0.4, 0.5) is 0 Å². The smallest absolute Gasteiger partial charge is 0.0166 e. The minimum absolute atomic E-state index is 0.203. The molecule has 0 atom stereocenters. The first-order chi connectivity index (χ1) is 8.13. The van der Waals surface area contributed by atoms with E-state index in [2.05, 4.69) is 18.9 Å². The second kappa shape index (κ2) is 5.71. The Balaban J connectivity index is 1.67. The highest BCUT2D eigenvalue weighted by Crippen LogP contribution is 2.33. The quantitative estimate of drug-likeness (QED) is 0.797. The maximum absolute atomic E-state index is 6.30. The topological polar surface area (TPSA) is 29.3 Å². The molecule has 0 amide bonds. The standard InChI is InChI=1S/C15H30N2/c1-3-13-5-7-14(8-6-13)17(2)12-11-15(16)9-4-10-15/h13-14H,3-12,16H2,1-2H3. The molecule has 2 N–H and O–H groups in total. The lowest BCUT2D eigenvalue weighted by atomic mass is 9.75. The lowest BCUT2D eigenvalue weighted by Crippen LogP contribution is -2.49. The van der Waals surface area contributed by atoms with Crippen LogP contribution in [0.3, 0.4) is 0 Å². The lowest BCUT2D eigenvalue weighted by molar-refractivity contribution is 0.134. The molecular formula is C15H30N2. The predicted octanol–water partition coefficient (Wildman–Crippen LogP) is 3.16. The molecule has 0 spiro atoms. The largest absolute Gasteiger partial charge is 0.325 e. The van der Waals surface area contributed by atoms with Gasteiger partial charge < -0.3 is 10.6 Å². The van der Waals surface area contributed by atoms with Gasteiger partial charge in [-0.25, -0.2) is 0 Å². The van der Waals surface area contributed by atoms with E-state index in [0.29, 0.717) is 0 Å². The number of nitrogens with two attached hydrogens (primary N) is 1. The van der Waals surface area contributed by atoms with Crippen LogP contribution in [0.1, 0.15) is 64.7 Å². The highest BCUT2D eigenvalue weighted by molar-refractivity contribution is 4.93. The summed E-state index contributed by atoms with van der Waals surface area (Å²) in [7, 11) is 2.30. The summed E-state index contributed by atoms with van der Waals surface area (Å²) in [5, 5.41) is 0. The minimum Gasteiger partial charge on any atom is -0.325 e. The van der Waals surface area contributed by atoms with Gasteiger partial charge in [-0.3, -0.25) is 0 Å². The maximum atomic E-state index is 6.30. The Hall–Kier alpha value is -0.0800. The normalized spacial score (nSPS) is 32.5.